The van der Waals surface area contributed by atoms with Crippen molar-refractivity contribution in [3.8, 4) is 0 Å². The van der Waals surface area contributed by atoms with Gasteiger partial charge in [0, 0.05) is 24.7 Å². The van der Waals surface area contributed by atoms with Gasteiger partial charge in [-0.25, -0.2) is 8.42 Å². The van der Waals surface area contributed by atoms with Gasteiger partial charge in [-0.15, -0.1) is 0 Å². The van der Waals surface area contributed by atoms with Crippen molar-refractivity contribution < 1.29 is 13.2 Å². The summed E-state index contributed by atoms with van der Waals surface area (Å²) in [5, 5.41) is 2.86. The molecule has 0 unspecified atom stereocenters. The van der Waals surface area contributed by atoms with Crippen LogP contribution in [-0.2, 0) is 14.8 Å². The maximum atomic E-state index is 12.7. The van der Waals surface area contributed by atoms with Crippen molar-refractivity contribution in [3.63, 3.8) is 0 Å². The molecular weight excluding hydrogens is 324 g/mol. The number of carbonyl (C=O) groups is 1. The number of benzene rings is 1. The van der Waals surface area contributed by atoms with Gasteiger partial charge in [0.1, 0.15) is 0 Å². The standard InChI is InChI=1S/C18H28N2O3S/c1-4-15(5-2)18(21)19-16-6-8-17(9-7-16)24(22,23)20-12-10-14(3)11-13-20/h6-9,14-15H,4-5,10-13H2,1-3H3,(H,19,21). The average Bonchev–Trinajstić information content (AvgIpc) is 2.57. The zero-order valence-corrected chi connectivity index (χ0v) is 15.6. The molecule has 1 heterocycles. The van der Waals surface area contributed by atoms with E-state index >= 15 is 0 Å². The Morgan fingerprint density at radius 3 is 2.21 bits per heavy atom. The van der Waals surface area contributed by atoms with Gasteiger partial charge in [0.2, 0.25) is 15.9 Å². The minimum atomic E-state index is -3.44. The van der Waals surface area contributed by atoms with Gasteiger partial charge in [0.25, 0.3) is 0 Å². The van der Waals surface area contributed by atoms with Gasteiger partial charge >= 0.3 is 0 Å². The molecule has 1 saturated heterocycles. The molecule has 0 bridgehead atoms. The average molecular weight is 353 g/mol. The van der Waals surface area contributed by atoms with Crippen LogP contribution in [0.4, 0.5) is 5.69 Å². The Morgan fingerprint density at radius 1 is 1.17 bits per heavy atom. The second-order valence-electron chi connectivity index (χ2n) is 6.61. The number of nitrogens with one attached hydrogen (secondary N) is 1. The van der Waals surface area contributed by atoms with E-state index in [1.807, 2.05) is 13.8 Å². The Labute approximate surface area is 145 Å². The van der Waals surface area contributed by atoms with E-state index in [-0.39, 0.29) is 16.7 Å². The van der Waals surface area contributed by atoms with Crippen molar-refractivity contribution in [2.45, 2.75) is 51.3 Å². The van der Waals surface area contributed by atoms with Crippen molar-refractivity contribution in [2.24, 2.45) is 11.8 Å². The highest BCUT2D eigenvalue weighted by Crippen LogP contribution is 2.24. The van der Waals surface area contributed by atoms with Crippen LogP contribution in [0, 0.1) is 11.8 Å². The Kier molecular flexibility index (Phi) is 6.40. The van der Waals surface area contributed by atoms with Gasteiger partial charge in [0.05, 0.1) is 4.90 Å². The summed E-state index contributed by atoms with van der Waals surface area (Å²) in [6, 6.07) is 6.49. The highest BCUT2D eigenvalue weighted by atomic mass is 32.2. The molecule has 1 fully saturated rings. The van der Waals surface area contributed by atoms with Gasteiger partial charge in [-0.3, -0.25) is 4.79 Å². The van der Waals surface area contributed by atoms with Crippen LogP contribution in [0.1, 0.15) is 46.5 Å². The Morgan fingerprint density at radius 2 is 1.71 bits per heavy atom. The SMILES string of the molecule is CCC(CC)C(=O)Nc1ccc(S(=O)(=O)N2CCC(C)CC2)cc1. The fraction of sp³-hybridized carbons (Fsp3) is 0.611. The Bertz CT molecular complexity index is 643. The van der Waals surface area contributed by atoms with Crippen molar-refractivity contribution in [3.05, 3.63) is 24.3 Å². The van der Waals surface area contributed by atoms with Gasteiger partial charge in [-0.2, -0.15) is 4.31 Å². The lowest BCUT2D eigenvalue weighted by molar-refractivity contribution is -0.120. The number of carbonyl (C=O) groups excluding carboxylic acids is 1. The number of amides is 1. The maximum Gasteiger partial charge on any atom is 0.243 e. The molecule has 0 aliphatic carbocycles. The Balaban J connectivity index is 2.07. The summed E-state index contributed by atoms with van der Waals surface area (Å²) in [7, 11) is -3.44. The van der Waals surface area contributed by atoms with Crippen LogP contribution in [0.3, 0.4) is 0 Å². The predicted molar refractivity (Wildman–Crippen MR) is 96.3 cm³/mol. The maximum absolute atomic E-state index is 12.7. The van der Waals surface area contributed by atoms with E-state index in [2.05, 4.69) is 12.2 Å². The van der Waals surface area contributed by atoms with E-state index < -0.39 is 10.0 Å². The van der Waals surface area contributed by atoms with Crippen LogP contribution in [0.5, 0.6) is 0 Å². The molecule has 24 heavy (non-hydrogen) atoms. The van der Waals surface area contributed by atoms with Crippen molar-refractivity contribution in [1.82, 2.24) is 4.31 Å². The first-order valence-electron chi connectivity index (χ1n) is 8.79. The minimum Gasteiger partial charge on any atom is -0.326 e. The normalized spacial score (nSPS) is 17.2. The third-order valence-electron chi connectivity index (χ3n) is 4.86. The number of piperidine rings is 1. The summed E-state index contributed by atoms with van der Waals surface area (Å²) < 4.78 is 26.9. The third kappa shape index (κ3) is 4.36. The number of hydrogen-bond donors (Lipinski definition) is 1. The molecule has 1 aliphatic heterocycles. The number of hydrogen-bond acceptors (Lipinski definition) is 3. The molecule has 2 rings (SSSR count). The molecular formula is C18H28N2O3S. The van der Waals surface area contributed by atoms with Crippen molar-refractivity contribution >= 4 is 21.6 Å². The van der Waals surface area contributed by atoms with Gasteiger partial charge in [-0.05, 0) is 55.9 Å². The first-order valence-corrected chi connectivity index (χ1v) is 10.2. The summed E-state index contributed by atoms with van der Waals surface area (Å²) >= 11 is 0. The van der Waals surface area contributed by atoms with E-state index in [9.17, 15) is 13.2 Å². The summed E-state index contributed by atoms with van der Waals surface area (Å²) in [4.78, 5) is 12.4. The van der Waals surface area contributed by atoms with E-state index in [0.29, 0.717) is 24.7 Å². The fourth-order valence-corrected chi connectivity index (χ4v) is 4.46. The lowest BCUT2D eigenvalue weighted by atomic mass is 10.0. The van der Waals surface area contributed by atoms with Crippen LogP contribution in [-0.4, -0.2) is 31.7 Å². The zero-order chi connectivity index (χ0) is 17.7. The lowest BCUT2D eigenvalue weighted by Gasteiger charge is -2.29. The monoisotopic (exact) mass is 352 g/mol. The summed E-state index contributed by atoms with van der Waals surface area (Å²) in [6.45, 7) is 7.29. The van der Waals surface area contributed by atoms with Gasteiger partial charge in [0.15, 0.2) is 0 Å². The molecule has 5 nitrogen and oxygen atoms in total. The van der Waals surface area contributed by atoms with E-state index in [4.69, 9.17) is 0 Å². The van der Waals surface area contributed by atoms with Crippen LogP contribution in [0.2, 0.25) is 0 Å². The molecule has 0 atom stereocenters. The molecule has 1 aliphatic rings. The van der Waals surface area contributed by atoms with Crippen molar-refractivity contribution in [1.29, 1.82) is 0 Å². The molecule has 1 N–H and O–H groups in total. The molecule has 1 amide bonds. The van der Waals surface area contributed by atoms with Crippen LogP contribution >= 0.6 is 0 Å². The quantitative estimate of drug-likeness (QED) is 0.852. The van der Waals surface area contributed by atoms with Gasteiger partial charge < -0.3 is 5.32 Å². The molecule has 1 aromatic rings. The summed E-state index contributed by atoms with van der Waals surface area (Å²) in [6.07, 6.45) is 3.40. The molecule has 1 aromatic carbocycles. The number of nitrogens with zero attached hydrogens (tertiary/aromatic N) is 1. The fourth-order valence-electron chi connectivity index (χ4n) is 2.99. The molecule has 0 aromatic heterocycles. The van der Waals surface area contributed by atoms with E-state index in [1.165, 1.54) is 0 Å². The summed E-state index contributed by atoms with van der Waals surface area (Å²) in [5.41, 5.74) is 0.637. The smallest absolute Gasteiger partial charge is 0.243 e. The van der Waals surface area contributed by atoms with Crippen LogP contribution in [0.15, 0.2) is 29.2 Å². The molecule has 0 spiro atoms. The summed E-state index contributed by atoms with van der Waals surface area (Å²) in [5.74, 6) is 0.559. The second-order valence-corrected chi connectivity index (χ2v) is 8.55. The van der Waals surface area contributed by atoms with E-state index in [1.54, 1.807) is 28.6 Å². The van der Waals surface area contributed by atoms with Crippen LogP contribution < -0.4 is 5.32 Å². The first kappa shape index (κ1) is 18.9. The minimum absolute atomic E-state index is 0.0104. The first-order chi connectivity index (χ1) is 11.4. The molecule has 134 valence electrons. The third-order valence-corrected chi connectivity index (χ3v) is 6.77. The van der Waals surface area contributed by atoms with Crippen molar-refractivity contribution in [2.75, 3.05) is 18.4 Å². The number of anilines is 1. The Hall–Kier alpha value is -1.40. The number of rotatable bonds is 6. The number of sulfonamides is 1. The predicted octanol–water partition coefficient (Wildman–Crippen LogP) is 3.48. The largest absolute Gasteiger partial charge is 0.326 e. The highest BCUT2D eigenvalue weighted by molar-refractivity contribution is 7.89. The molecule has 6 heteroatoms. The van der Waals surface area contributed by atoms with E-state index in [0.717, 1.165) is 25.7 Å². The highest BCUT2D eigenvalue weighted by Gasteiger charge is 2.28. The van der Waals surface area contributed by atoms with Gasteiger partial charge in [-0.1, -0.05) is 20.8 Å². The second kappa shape index (κ2) is 8.12. The van der Waals surface area contributed by atoms with Crippen LogP contribution in [0.25, 0.3) is 0 Å². The topological polar surface area (TPSA) is 66.5 Å². The lowest BCUT2D eigenvalue weighted by Crippen LogP contribution is -2.37. The molecule has 0 radical (unpaired) electrons. The molecule has 0 saturated carbocycles. The zero-order valence-electron chi connectivity index (χ0n) is 14.8.